The van der Waals surface area contributed by atoms with E-state index in [1.807, 2.05) is 0 Å². The number of ether oxygens (including phenoxy) is 1. The summed E-state index contributed by atoms with van der Waals surface area (Å²) in [6, 6.07) is 0. The minimum atomic E-state index is -0.839. The lowest BCUT2D eigenvalue weighted by Crippen LogP contribution is -2.35. The second-order valence-electron chi connectivity index (χ2n) is 1.97. The lowest BCUT2D eigenvalue weighted by Gasteiger charge is -2.21. The van der Waals surface area contributed by atoms with Crippen LogP contribution in [0.25, 0.3) is 0 Å². The maximum Gasteiger partial charge on any atom is 0.341 e. The summed E-state index contributed by atoms with van der Waals surface area (Å²) < 4.78 is 3.49. The average molecular weight is 272 g/mol. The normalized spacial score (nSPS) is 24.2. The fourth-order valence-electron chi connectivity index (χ4n) is 0.590. The van der Waals surface area contributed by atoms with Gasteiger partial charge in [-0.2, -0.15) is 0 Å². The molecule has 3 nitrogen and oxygen atoms in total. The second kappa shape index (κ2) is 2.62. The van der Waals surface area contributed by atoms with Crippen LogP contribution in [-0.4, -0.2) is 15.2 Å². The van der Waals surface area contributed by atoms with Crippen molar-refractivity contribution >= 4 is 43.8 Å². The Bertz CT molecular complexity index is 187. The molecule has 10 heavy (non-hydrogen) atoms. The molecule has 0 N–H and O–H groups in total. The van der Waals surface area contributed by atoms with Gasteiger partial charge in [0.2, 0.25) is 0 Å². The van der Waals surface area contributed by atoms with Gasteiger partial charge in [-0.25, -0.2) is 4.79 Å². The standard InChI is InChI=1S/C5H4Br2O3/c6-5(7)2-1-3(8)10-4(5)9/h1-2H2. The number of alkyl halides is 2. The number of rotatable bonds is 0. The molecule has 1 saturated heterocycles. The predicted octanol–water partition coefficient (Wildman–Crippen LogP) is 1.34. The van der Waals surface area contributed by atoms with Gasteiger partial charge in [0.1, 0.15) is 0 Å². The van der Waals surface area contributed by atoms with Crippen molar-refractivity contribution in [3.8, 4) is 0 Å². The van der Waals surface area contributed by atoms with Gasteiger partial charge < -0.3 is 4.74 Å². The number of carbonyl (C=O) groups is 2. The number of carbonyl (C=O) groups excluding carboxylic acids is 2. The maximum absolute atomic E-state index is 10.8. The molecule has 0 aromatic heterocycles. The molecule has 1 fully saturated rings. The van der Waals surface area contributed by atoms with Gasteiger partial charge >= 0.3 is 11.9 Å². The van der Waals surface area contributed by atoms with Crippen LogP contribution in [0.5, 0.6) is 0 Å². The van der Waals surface area contributed by atoms with Gasteiger partial charge in [0, 0.05) is 6.42 Å². The SMILES string of the molecule is O=C1CCC(Br)(Br)C(=O)O1. The topological polar surface area (TPSA) is 43.4 Å². The largest absolute Gasteiger partial charge is 0.391 e. The van der Waals surface area contributed by atoms with Crippen molar-refractivity contribution in [3.63, 3.8) is 0 Å². The van der Waals surface area contributed by atoms with Crippen LogP contribution in [0.1, 0.15) is 12.8 Å². The first-order chi connectivity index (χ1) is 4.52. The Balaban J connectivity index is 2.70. The summed E-state index contributed by atoms with van der Waals surface area (Å²) in [6.45, 7) is 0. The Morgan fingerprint density at radius 1 is 1.40 bits per heavy atom. The molecule has 1 heterocycles. The van der Waals surface area contributed by atoms with Gasteiger partial charge in [-0.05, 0) is 6.42 Å². The highest BCUT2D eigenvalue weighted by atomic mass is 79.9. The van der Waals surface area contributed by atoms with Crippen LogP contribution >= 0.6 is 31.9 Å². The third-order valence-electron chi connectivity index (χ3n) is 1.15. The lowest BCUT2D eigenvalue weighted by atomic mass is 10.2. The molecule has 0 spiro atoms. The van der Waals surface area contributed by atoms with Gasteiger partial charge in [-0.15, -0.1) is 0 Å². The molecule has 0 amide bonds. The molecule has 1 aliphatic rings. The molecule has 0 bridgehead atoms. The lowest BCUT2D eigenvalue weighted by molar-refractivity contribution is -0.163. The third kappa shape index (κ3) is 1.58. The quantitative estimate of drug-likeness (QED) is 0.379. The summed E-state index contributed by atoms with van der Waals surface area (Å²) in [5.74, 6) is -1.02. The van der Waals surface area contributed by atoms with Crippen LogP contribution in [0.3, 0.4) is 0 Å². The van der Waals surface area contributed by atoms with E-state index in [0.717, 1.165) is 0 Å². The fourth-order valence-corrected chi connectivity index (χ4v) is 1.15. The van der Waals surface area contributed by atoms with Gasteiger partial charge in [0.05, 0.1) is 0 Å². The Labute approximate surface area is 74.4 Å². The number of hydrogen-bond donors (Lipinski definition) is 0. The third-order valence-corrected chi connectivity index (χ3v) is 2.59. The Kier molecular flexibility index (Phi) is 2.15. The van der Waals surface area contributed by atoms with E-state index in [2.05, 4.69) is 36.6 Å². The number of cyclic esters (lactones) is 2. The molecule has 56 valence electrons. The first-order valence-electron chi connectivity index (χ1n) is 2.65. The smallest absolute Gasteiger partial charge is 0.341 e. The van der Waals surface area contributed by atoms with Gasteiger partial charge in [-0.1, -0.05) is 31.9 Å². The maximum atomic E-state index is 10.8. The molecule has 0 aliphatic carbocycles. The number of hydrogen-bond acceptors (Lipinski definition) is 3. The van der Waals surface area contributed by atoms with E-state index in [-0.39, 0.29) is 6.42 Å². The average Bonchev–Trinajstić information content (AvgIpc) is 1.81. The van der Waals surface area contributed by atoms with Crippen LogP contribution in [0.2, 0.25) is 0 Å². The summed E-state index contributed by atoms with van der Waals surface area (Å²) >= 11 is 6.15. The zero-order valence-electron chi connectivity index (χ0n) is 4.89. The van der Waals surface area contributed by atoms with Crippen LogP contribution in [0, 0.1) is 0 Å². The van der Waals surface area contributed by atoms with Crippen molar-refractivity contribution in [2.45, 2.75) is 16.1 Å². The van der Waals surface area contributed by atoms with E-state index < -0.39 is 15.2 Å². The van der Waals surface area contributed by atoms with Crippen molar-refractivity contribution in [2.75, 3.05) is 0 Å². The molecule has 0 saturated carbocycles. The zero-order chi connectivity index (χ0) is 7.78. The highest BCUT2D eigenvalue weighted by Gasteiger charge is 2.40. The molecule has 0 unspecified atom stereocenters. The van der Waals surface area contributed by atoms with Crippen LogP contribution in [-0.2, 0) is 14.3 Å². The van der Waals surface area contributed by atoms with Gasteiger partial charge in [0.25, 0.3) is 0 Å². The zero-order valence-corrected chi connectivity index (χ0v) is 8.07. The van der Waals surface area contributed by atoms with Gasteiger partial charge in [-0.3, -0.25) is 4.79 Å². The van der Waals surface area contributed by atoms with E-state index in [1.54, 1.807) is 0 Å². The minimum Gasteiger partial charge on any atom is -0.391 e. The van der Waals surface area contributed by atoms with E-state index in [4.69, 9.17) is 0 Å². The molecule has 0 atom stereocenters. The van der Waals surface area contributed by atoms with E-state index in [0.29, 0.717) is 6.42 Å². The van der Waals surface area contributed by atoms with Gasteiger partial charge in [0.15, 0.2) is 3.23 Å². The molecule has 1 aliphatic heterocycles. The highest BCUT2D eigenvalue weighted by Crippen LogP contribution is 2.35. The second-order valence-corrected chi connectivity index (χ2v) is 5.74. The van der Waals surface area contributed by atoms with Crippen LogP contribution in [0.15, 0.2) is 0 Å². The Hall–Kier alpha value is 0.1000. The number of esters is 2. The summed E-state index contributed by atoms with van der Waals surface area (Å²) in [6.07, 6.45) is 0.701. The van der Waals surface area contributed by atoms with E-state index in [1.165, 1.54) is 0 Å². The first-order valence-corrected chi connectivity index (χ1v) is 4.24. The fraction of sp³-hybridized carbons (Fsp3) is 0.600. The summed E-state index contributed by atoms with van der Waals surface area (Å²) in [5.41, 5.74) is 0. The van der Waals surface area contributed by atoms with Crippen molar-refractivity contribution in [3.05, 3.63) is 0 Å². The monoisotopic (exact) mass is 270 g/mol. The molecular formula is C5H4Br2O3. The predicted molar refractivity (Wildman–Crippen MR) is 40.9 cm³/mol. The van der Waals surface area contributed by atoms with Crippen LogP contribution < -0.4 is 0 Å². The molecule has 0 radical (unpaired) electrons. The molecule has 0 aromatic rings. The van der Waals surface area contributed by atoms with Crippen LogP contribution in [0.4, 0.5) is 0 Å². The van der Waals surface area contributed by atoms with Crippen molar-refractivity contribution in [2.24, 2.45) is 0 Å². The summed E-state index contributed by atoms with van der Waals surface area (Å²) in [7, 11) is 0. The van der Waals surface area contributed by atoms with E-state index in [9.17, 15) is 9.59 Å². The van der Waals surface area contributed by atoms with Crippen molar-refractivity contribution in [1.82, 2.24) is 0 Å². The highest BCUT2D eigenvalue weighted by molar-refractivity contribution is 9.25. The Morgan fingerprint density at radius 2 is 2.00 bits per heavy atom. The minimum absolute atomic E-state index is 0.266. The summed E-state index contributed by atoms with van der Waals surface area (Å²) in [5, 5.41) is 0. The first kappa shape index (κ1) is 8.20. The van der Waals surface area contributed by atoms with Crippen molar-refractivity contribution in [1.29, 1.82) is 0 Å². The van der Waals surface area contributed by atoms with E-state index >= 15 is 0 Å². The molecule has 1 rings (SSSR count). The summed E-state index contributed by atoms with van der Waals surface area (Å²) in [4.78, 5) is 21.3. The van der Waals surface area contributed by atoms with Crippen molar-refractivity contribution < 1.29 is 14.3 Å². The molecule has 0 aromatic carbocycles. The number of halogens is 2. The molecule has 5 heteroatoms. The molecular weight excluding hydrogens is 268 g/mol. The Morgan fingerprint density at radius 3 is 2.40 bits per heavy atom.